The fourth-order valence-electron chi connectivity index (χ4n) is 1.78. The van der Waals surface area contributed by atoms with Crippen LogP contribution in [0.1, 0.15) is 22.8 Å². The molecule has 2 aromatic carbocycles. The molecule has 1 unspecified atom stereocenters. The summed E-state index contributed by atoms with van der Waals surface area (Å²) in [6.45, 7) is 2.01. The van der Waals surface area contributed by atoms with Crippen molar-refractivity contribution >= 4 is 45.8 Å². The predicted octanol–water partition coefficient (Wildman–Crippen LogP) is 4.99. The zero-order valence-corrected chi connectivity index (χ0v) is 13.3. The van der Waals surface area contributed by atoms with Gasteiger partial charge in [-0.3, -0.25) is 0 Å². The maximum absolute atomic E-state index is 10.5. The molecule has 2 rings (SSSR count). The molecule has 2 aromatic rings. The number of hydrogen-bond acceptors (Lipinski definition) is 1. The maximum atomic E-state index is 10.5. The molecule has 1 nitrogen and oxygen atoms in total. The zero-order valence-electron chi connectivity index (χ0n) is 9.62. The highest BCUT2D eigenvalue weighted by atomic mass is 127. The van der Waals surface area contributed by atoms with Crippen LogP contribution in [-0.4, -0.2) is 5.11 Å². The van der Waals surface area contributed by atoms with E-state index < -0.39 is 6.10 Å². The highest BCUT2D eigenvalue weighted by molar-refractivity contribution is 14.1. The Morgan fingerprint density at radius 2 is 1.67 bits per heavy atom. The van der Waals surface area contributed by atoms with E-state index in [1.165, 1.54) is 0 Å². The molecule has 0 amide bonds. The average molecular weight is 393 g/mol. The third-order valence-electron chi connectivity index (χ3n) is 2.79. The lowest BCUT2D eigenvalue weighted by molar-refractivity contribution is 0.219. The number of aliphatic hydroxyl groups excluding tert-OH is 1. The smallest absolute Gasteiger partial charge is 0.107 e. The monoisotopic (exact) mass is 392 g/mol. The number of benzene rings is 2. The molecule has 0 saturated carbocycles. The average Bonchev–Trinajstić information content (AvgIpc) is 2.35. The largest absolute Gasteiger partial charge is 0.384 e. The van der Waals surface area contributed by atoms with Gasteiger partial charge in [0.15, 0.2) is 0 Å². The van der Waals surface area contributed by atoms with E-state index in [4.69, 9.17) is 23.2 Å². The highest BCUT2D eigenvalue weighted by Gasteiger charge is 2.18. The van der Waals surface area contributed by atoms with E-state index in [1.807, 2.05) is 25.1 Å². The van der Waals surface area contributed by atoms with Gasteiger partial charge in [-0.1, -0.05) is 53.5 Å². The molecule has 1 atom stereocenters. The van der Waals surface area contributed by atoms with Gasteiger partial charge in [-0.25, -0.2) is 0 Å². The van der Waals surface area contributed by atoms with Crippen LogP contribution in [0.4, 0.5) is 0 Å². The first-order valence-electron chi connectivity index (χ1n) is 5.39. The third kappa shape index (κ3) is 2.67. The molecule has 0 aromatic heterocycles. The van der Waals surface area contributed by atoms with Crippen LogP contribution in [0.15, 0.2) is 36.4 Å². The molecule has 0 aliphatic heterocycles. The summed E-state index contributed by atoms with van der Waals surface area (Å²) in [5.41, 5.74) is 2.61. The van der Waals surface area contributed by atoms with Crippen molar-refractivity contribution in [3.8, 4) is 0 Å². The van der Waals surface area contributed by atoms with Gasteiger partial charge in [-0.05, 0) is 46.7 Å². The summed E-state index contributed by atoms with van der Waals surface area (Å²) >= 11 is 14.3. The van der Waals surface area contributed by atoms with E-state index in [1.54, 1.807) is 18.2 Å². The minimum Gasteiger partial charge on any atom is -0.384 e. The van der Waals surface area contributed by atoms with Crippen LogP contribution in [0, 0.1) is 10.5 Å². The number of aryl methyl sites for hydroxylation is 1. The number of aliphatic hydroxyl groups is 1. The summed E-state index contributed by atoms with van der Waals surface area (Å²) < 4.78 is 1.04. The van der Waals surface area contributed by atoms with Gasteiger partial charge in [0.05, 0.1) is 10.0 Å². The van der Waals surface area contributed by atoms with E-state index >= 15 is 0 Å². The van der Waals surface area contributed by atoms with E-state index in [-0.39, 0.29) is 0 Å². The Morgan fingerprint density at radius 3 is 2.39 bits per heavy atom. The van der Waals surface area contributed by atoms with Crippen LogP contribution in [0.5, 0.6) is 0 Å². The number of hydrogen-bond donors (Lipinski definition) is 1. The van der Waals surface area contributed by atoms with Crippen molar-refractivity contribution in [3.05, 3.63) is 66.7 Å². The summed E-state index contributed by atoms with van der Waals surface area (Å²) in [4.78, 5) is 0. The summed E-state index contributed by atoms with van der Waals surface area (Å²) in [6.07, 6.45) is -0.761. The first-order chi connectivity index (χ1) is 8.52. The number of rotatable bonds is 2. The van der Waals surface area contributed by atoms with Gasteiger partial charge in [0.1, 0.15) is 6.10 Å². The van der Waals surface area contributed by atoms with E-state index in [0.29, 0.717) is 15.6 Å². The van der Waals surface area contributed by atoms with Gasteiger partial charge in [-0.15, -0.1) is 0 Å². The van der Waals surface area contributed by atoms with Gasteiger partial charge in [0, 0.05) is 9.13 Å². The Kier molecular flexibility index (Phi) is 4.54. The maximum Gasteiger partial charge on any atom is 0.107 e. The predicted molar refractivity (Wildman–Crippen MR) is 84.4 cm³/mol. The SMILES string of the molecule is Cc1cccc(C(O)c2cccc(Cl)c2Cl)c1I. The molecule has 1 N–H and O–H groups in total. The van der Waals surface area contributed by atoms with Crippen LogP contribution < -0.4 is 0 Å². The van der Waals surface area contributed by atoms with Gasteiger partial charge in [-0.2, -0.15) is 0 Å². The molecule has 0 saturated heterocycles. The standard InChI is InChI=1S/C14H11Cl2IO/c1-8-4-2-6-10(13(8)17)14(18)9-5-3-7-11(15)12(9)16/h2-7,14,18H,1H3. The summed E-state index contributed by atoms with van der Waals surface area (Å²) in [7, 11) is 0. The Labute approximate surface area is 130 Å². The van der Waals surface area contributed by atoms with Crippen LogP contribution >= 0.6 is 45.8 Å². The van der Waals surface area contributed by atoms with Crippen LogP contribution in [0.25, 0.3) is 0 Å². The van der Waals surface area contributed by atoms with Gasteiger partial charge >= 0.3 is 0 Å². The lowest BCUT2D eigenvalue weighted by Gasteiger charge is -2.16. The van der Waals surface area contributed by atoms with Crippen molar-refractivity contribution in [1.82, 2.24) is 0 Å². The van der Waals surface area contributed by atoms with Crippen LogP contribution in [-0.2, 0) is 0 Å². The summed E-state index contributed by atoms with van der Waals surface area (Å²) in [5, 5.41) is 11.3. The molecule has 18 heavy (non-hydrogen) atoms. The molecule has 0 aliphatic carbocycles. The second-order valence-electron chi connectivity index (χ2n) is 4.02. The molecular weight excluding hydrogens is 382 g/mol. The topological polar surface area (TPSA) is 20.2 Å². The van der Waals surface area contributed by atoms with Crippen LogP contribution in [0.2, 0.25) is 10.0 Å². The summed E-state index contributed by atoms with van der Waals surface area (Å²) in [6, 6.07) is 11.1. The molecule has 0 radical (unpaired) electrons. The molecule has 4 heteroatoms. The van der Waals surface area contributed by atoms with Crippen molar-refractivity contribution in [1.29, 1.82) is 0 Å². The lowest BCUT2D eigenvalue weighted by atomic mass is 10.00. The van der Waals surface area contributed by atoms with Gasteiger partial charge in [0.25, 0.3) is 0 Å². The Bertz CT molecular complexity index is 533. The highest BCUT2D eigenvalue weighted by Crippen LogP contribution is 2.35. The Hall–Kier alpha value is -0.290. The fraction of sp³-hybridized carbons (Fsp3) is 0.143. The first-order valence-corrected chi connectivity index (χ1v) is 7.23. The fourth-order valence-corrected chi connectivity index (χ4v) is 2.85. The van der Waals surface area contributed by atoms with Gasteiger partial charge < -0.3 is 5.11 Å². The number of halogens is 3. The van der Waals surface area contributed by atoms with Crippen molar-refractivity contribution in [2.75, 3.05) is 0 Å². The van der Waals surface area contributed by atoms with Crippen molar-refractivity contribution < 1.29 is 5.11 Å². The van der Waals surface area contributed by atoms with Crippen molar-refractivity contribution in [2.45, 2.75) is 13.0 Å². The van der Waals surface area contributed by atoms with E-state index in [9.17, 15) is 5.11 Å². The van der Waals surface area contributed by atoms with Crippen molar-refractivity contribution in [3.63, 3.8) is 0 Å². The lowest BCUT2D eigenvalue weighted by Crippen LogP contribution is -2.04. The third-order valence-corrected chi connectivity index (χ3v) is 5.10. The first kappa shape index (κ1) is 14.1. The molecule has 0 fully saturated rings. The summed E-state index contributed by atoms with van der Waals surface area (Å²) in [5.74, 6) is 0. The molecule has 94 valence electrons. The quantitative estimate of drug-likeness (QED) is 0.714. The minimum atomic E-state index is -0.761. The van der Waals surface area contributed by atoms with Crippen molar-refractivity contribution in [2.24, 2.45) is 0 Å². The zero-order chi connectivity index (χ0) is 13.3. The molecule has 0 spiro atoms. The molecule has 0 bridgehead atoms. The second-order valence-corrected chi connectivity index (χ2v) is 5.89. The Balaban J connectivity index is 2.51. The van der Waals surface area contributed by atoms with Gasteiger partial charge in [0.2, 0.25) is 0 Å². The molecule has 0 aliphatic rings. The second kappa shape index (κ2) is 5.78. The molecular formula is C14H11Cl2IO. The van der Waals surface area contributed by atoms with Crippen LogP contribution in [0.3, 0.4) is 0 Å². The Morgan fingerprint density at radius 1 is 1.06 bits per heavy atom. The van der Waals surface area contributed by atoms with E-state index in [0.717, 1.165) is 14.7 Å². The van der Waals surface area contributed by atoms with E-state index in [2.05, 4.69) is 22.6 Å². The minimum absolute atomic E-state index is 0.406. The molecule has 0 heterocycles. The normalized spacial score (nSPS) is 12.5.